The Labute approximate surface area is 103 Å². The average molecular weight is 255 g/mol. The second-order valence-corrected chi connectivity index (χ2v) is 4.46. The van der Waals surface area contributed by atoms with Crippen LogP contribution in [-0.2, 0) is 4.79 Å². The van der Waals surface area contributed by atoms with Crippen molar-refractivity contribution in [3.63, 3.8) is 0 Å². The highest BCUT2D eigenvalue weighted by Gasteiger charge is 2.28. The van der Waals surface area contributed by atoms with Crippen LogP contribution >= 0.6 is 0 Å². The summed E-state index contributed by atoms with van der Waals surface area (Å²) in [5.41, 5.74) is 3.99. The first kappa shape index (κ1) is 14.0. The van der Waals surface area contributed by atoms with Crippen LogP contribution in [0.4, 0.5) is 15.8 Å². The minimum Gasteiger partial charge on any atom is -0.329 e. The first-order valence-electron chi connectivity index (χ1n) is 5.23. The highest BCUT2D eigenvalue weighted by atomic mass is 19.1. The number of carbonyl (C=O) groups excluding carboxylic acids is 1. The number of benzene rings is 1. The van der Waals surface area contributed by atoms with Gasteiger partial charge in [0, 0.05) is 18.7 Å². The van der Waals surface area contributed by atoms with Crippen molar-refractivity contribution in [1.29, 1.82) is 0 Å². The van der Waals surface area contributed by atoms with Crippen molar-refractivity contribution in [2.75, 3.05) is 11.9 Å². The SMILES string of the molecule is CC(C)(CN)C(=O)Nc1cc(F)ccc1[N+](=O)[O-]. The van der Waals surface area contributed by atoms with E-state index in [1.54, 1.807) is 13.8 Å². The van der Waals surface area contributed by atoms with Crippen molar-refractivity contribution in [1.82, 2.24) is 0 Å². The predicted molar refractivity (Wildman–Crippen MR) is 64.5 cm³/mol. The average Bonchev–Trinajstić information content (AvgIpc) is 2.28. The van der Waals surface area contributed by atoms with Gasteiger partial charge in [-0.3, -0.25) is 14.9 Å². The number of nitro benzene ring substituents is 1. The van der Waals surface area contributed by atoms with Gasteiger partial charge in [0.05, 0.1) is 10.3 Å². The molecular formula is C11H14FN3O3. The van der Waals surface area contributed by atoms with E-state index >= 15 is 0 Å². The number of hydrogen-bond acceptors (Lipinski definition) is 4. The van der Waals surface area contributed by atoms with Crippen LogP contribution in [0.3, 0.4) is 0 Å². The molecule has 0 aliphatic heterocycles. The van der Waals surface area contributed by atoms with Crippen molar-refractivity contribution in [2.24, 2.45) is 11.1 Å². The van der Waals surface area contributed by atoms with E-state index in [1.165, 1.54) is 0 Å². The fourth-order valence-corrected chi connectivity index (χ4v) is 1.15. The standard InChI is InChI=1S/C11H14FN3O3/c1-11(2,6-13)10(16)14-8-5-7(12)3-4-9(8)15(17)18/h3-5H,6,13H2,1-2H3,(H,14,16). The number of nitro groups is 1. The van der Waals surface area contributed by atoms with Crippen LogP contribution in [0.15, 0.2) is 18.2 Å². The number of carbonyl (C=O) groups is 1. The summed E-state index contributed by atoms with van der Waals surface area (Å²) in [6.45, 7) is 3.25. The second kappa shape index (κ2) is 5.09. The van der Waals surface area contributed by atoms with Gasteiger partial charge in [0.25, 0.3) is 5.69 Å². The molecule has 1 aromatic carbocycles. The number of nitrogens with zero attached hydrogens (tertiary/aromatic N) is 1. The summed E-state index contributed by atoms with van der Waals surface area (Å²) in [7, 11) is 0. The molecular weight excluding hydrogens is 241 g/mol. The molecule has 0 aliphatic rings. The molecule has 0 unspecified atom stereocenters. The van der Waals surface area contributed by atoms with Crippen molar-refractivity contribution in [3.8, 4) is 0 Å². The number of halogens is 1. The molecule has 0 saturated carbocycles. The van der Waals surface area contributed by atoms with Gasteiger partial charge in [-0.25, -0.2) is 4.39 Å². The summed E-state index contributed by atoms with van der Waals surface area (Å²) in [6, 6.07) is 2.87. The molecule has 7 heteroatoms. The minimum atomic E-state index is -0.889. The zero-order valence-corrected chi connectivity index (χ0v) is 10.1. The van der Waals surface area contributed by atoms with E-state index in [-0.39, 0.29) is 17.9 Å². The fourth-order valence-electron chi connectivity index (χ4n) is 1.15. The number of amides is 1. The molecule has 6 nitrogen and oxygen atoms in total. The van der Waals surface area contributed by atoms with Crippen LogP contribution in [0, 0.1) is 21.3 Å². The lowest BCUT2D eigenvalue weighted by molar-refractivity contribution is -0.384. The minimum absolute atomic E-state index is 0.0714. The molecule has 0 radical (unpaired) electrons. The fraction of sp³-hybridized carbons (Fsp3) is 0.364. The third-order valence-corrected chi connectivity index (χ3v) is 2.53. The topological polar surface area (TPSA) is 98.3 Å². The molecule has 0 bridgehead atoms. The van der Waals surface area contributed by atoms with E-state index in [0.29, 0.717) is 0 Å². The van der Waals surface area contributed by atoms with Crippen molar-refractivity contribution < 1.29 is 14.1 Å². The van der Waals surface area contributed by atoms with Crippen LogP contribution in [0.5, 0.6) is 0 Å². The molecule has 0 aromatic heterocycles. The zero-order chi connectivity index (χ0) is 13.9. The molecule has 98 valence electrons. The number of anilines is 1. The van der Waals surface area contributed by atoms with Gasteiger partial charge in [-0.2, -0.15) is 0 Å². The van der Waals surface area contributed by atoms with Crippen LogP contribution in [0.2, 0.25) is 0 Å². The molecule has 0 heterocycles. The van der Waals surface area contributed by atoms with E-state index in [2.05, 4.69) is 5.32 Å². The van der Waals surface area contributed by atoms with E-state index in [9.17, 15) is 19.3 Å². The summed E-state index contributed by atoms with van der Waals surface area (Å²) >= 11 is 0. The Morgan fingerprint density at radius 3 is 2.67 bits per heavy atom. The second-order valence-electron chi connectivity index (χ2n) is 4.46. The van der Waals surface area contributed by atoms with Crippen molar-refractivity contribution >= 4 is 17.3 Å². The maximum Gasteiger partial charge on any atom is 0.292 e. The number of nitrogens with one attached hydrogen (secondary N) is 1. The molecule has 1 aromatic rings. The Morgan fingerprint density at radius 2 is 2.17 bits per heavy atom. The Morgan fingerprint density at radius 1 is 1.56 bits per heavy atom. The smallest absolute Gasteiger partial charge is 0.292 e. The highest BCUT2D eigenvalue weighted by Crippen LogP contribution is 2.26. The summed E-state index contributed by atoms with van der Waals surface area (Å²) < 4.78 is 13.0. The Kier molecular flexibility index (Phi) is 3.97. The van der Waals surface area contributed by atoms with Gasteiger partial charge in [-0.1, -0.05) is 0 Å². The molecule has 0 aliphatic carbocycles. The molecule has 0 atom stereocenters. The van der Waals surface area contributed by atoms with Gasteiger partial charge in [0.2, 0.25) is 5.91 Å². The van der Waals surface area contributed by atoms with E-state index in [1.807, 2.05) is 0 Å². The highest BCUT2D eigenvalue weighted by molar-refractivity contribution is 5.96. The van der Waals surface area contributed by atoms with E-state index in [0.717, 1.165) is 18.2 Å². The number of hydrogen-bond donors (Lipinski definition) is 2. The maximum atomic E-state index is 13.0. The van der Waals surface area contributed by atoms with Gasteiger partial charge in [-0.05, 0) is 19.9 Å². The summed E-state index contributed by atoms with van der Waals surface area (Å²) in [6.07, 6.45) is 0. The molecule has 0 fully saturated rings. The summed E-state index contributed by atoms with van der Waals surface area (Å²) in [4.78, 5) is 21.9. The summed E-state index contributed by atoms with van der Waals surface area (Å²) in [5.74, 6) is -1.17. The van der Waals surface area contributed by atoms with E-state index < -0.39 is 22.1 Å². The van der Waals surface area contributed by atoms with Crippen LogP contribution < -0.4 is 11.1 Å². The lowest BCUT2D eigenvalue weighted by atomic mass is 9.92. The summed E-state index contributed by atoms with van der Waals surface area (Å²) in [5, 5.41) is 13.1. The predicted octanol–water partition coefficient (Wildman–Crippen LogP) is 1.66. The lowest BCUT2D eigenvalue weighted by Crippen LogP contribution is -2.37. The van der Waals surface area contributed by atoms with Crippen molar-refractivity contribution in [2.45, 2.75) is 13.8 Å². The first-order chi connectivity index (χ1) is 8.27. The third-order valence-electron chi connectivity index (χ3n) is 2.53. The quantitative estimate of drug-likeness (QED) is 0.631. The number of rotatable bonds is 4. The van der Waals surface area contributed by atoms with Crippen LogP contribution in [0.25, 0.3) is 0 Å². The lowest BCUT2D eigenvalue weighted by Gasteiger charge is -2.21. The maximum absolute atomic E-state index is 13.0. The monoisotopic (exact) mass is 255 g/mol. The van der Waals surface area contributed by atoms with Gasteiger partial charge >= 0.3 is 0 Å². The Balaban J connectivity index is 3.07. The molecule has 0 saturated heterocycles. The largest absolute Gasteiger partial charge is 0.329 e. The normalized spacial score (nSPS) is 11.1. The Hall–Kier alpha value is -2.02. The van der Waals surface area contributed by atoms with Gasteiger partial charge in [0.1, 0.15) is 11.5 Å². The van der Waals surface area contributed by atoms with Gasteiger partial charge in [0.15, 0.2) is 0 Å². The van der Waals surface area contributed by atoms with Crippen LogP contribution in [-0.4, -0.2) is 17.4 Å². The molecule has 1 amide bonds. The van der Waals surface area contributed by atoms with Gasteiger partial charge < -0.3 is 11.1 Å². The van der Waals surface area contributed by atoms with E-state index in [4.69, 9.17) is 5.73 Å². The number of nitrogens with two attached hydrogens (primary N) is 1. The molecule has 0 spiro atoms. The molecule has 1 rings (SSSR count). The van der Waals surface area contributed by atoms with Gasteiger partial charge in [-0.15, -0.1) is 0 Å². The first-order valence-corrected chi connectivity index (χ1v) is 5.23. The molecule has 3 N–H and O–H groups in total. The molecule has 18 heavy (non-hydrogen) atoms. The van der Waals surface area contributed by atoms with Crippen LogP contribution in [0.1, 0.15) is 13.8 Å². The Bertz CT molecular complexity index is 488. The van der Waals surface area contributed by atoms with Crippen molar-refractivity contribution in [3.05, 3.63) is 34.1 Å². The third kappa shape index (κ3) is 3.01. The zero-order valence-electron chi connectivity index (χ0n) is 10.1.